The fourth-order valence-electron chi connectivity index (χ4n) is 2.70. The van der Waals surface area contributed by atoms with Crippen LogP contribution >= 0.6 is 0 Å². The van der Waals surface area contributed by atoms with Gasteiger partial charge < -0.3 is 14.7 Å². The summed E-state index contributed by atoms with van der Waals surface area (Å²) in [5.41, 5.74) is -0.492. The van der Waals surface area contributed by atoms with Crippen LogP contribution in [0.2, 0.25) is 0 Å². The Morgan fingerprint density at radius 3 is 2.94 bits per heavy atom. The monoisotopic (exact) mass is 227 g/mol. The lowest BCUT2D eigenvalue weighted by Crippen LogP contribution is -2.47. The van der Waals surface area contributed by atoms with E-state index in [-0.39, 0.29) is 24.5 Å². The number of hydrogen-bond donors (Lipinski definition) is 1. The maximum Gasteiger partial charge on any atom is 0.410 e. The first-order valence-electron chi connectivity index (χ1n) is 5.61. The van der Waals surface area contributed by atoms with Crippen molar-refractivity contribution >= 4 is 12.1 Å². The molecule has 2 aliphatic rings. The molecule has 2 rings (SSSR count). The van der Waals surface area contributed by atoms with Crippen molar-refractivity contribution in [1.29, 1.82) is 0 Å². The highest BCUT2D eigenvalue weighted by molar-refractivity contribution is 5.72. The molecule has 0 aromatic heterocycles. The van der Waals surface area contributed by atoms with Crippen molar-refractivity contribution in [1.82, 2.24) is 4.90 Å². The van der Waals surface area contributed by atoms with E-state index in [0.717, 1.165) is 12.8 Å². The van der Waals surface area contributed by atoms with E-state index < -0.39 is 11.6 Å². The molecular formula is C11H17NO4. The number of carboxylic acids is 1. The molecule has 2 atom stereocenters. The number of amides is 1. The van der Waals surface area contributed by atoms with E-state index in [2.05, 4.69) is 0 Å². The summed E-state index contributed by atoms with van der Waals surface area (Å²) in [6, 6.07) is 0.0260. The molecule has 2 saturated heterocycles. The summed E-state index contributed by atoms with van der Waals surface area (Å²) in [6.07, 6.45) is 1.41. The Balaban J connectivity index is 2.07. The van der Waals surface area contributed by atoms with Crippen LogP contribution in [0.15, 0.2) is 0 Å². The first-order valence-corrected chi connectivity index (χ1v) is 5.61. The second-order valence-electron chi connectivity index (χ2n) is 5.17. The van der Waals surface area contributed by atoms with Crippen LogP contribution in [0, 0.1) is 5.92 Å². The Morgan fingerprint density at radius 2 is 2.31 bits per heavy atom. The molecule has 2 fully saturated rings. The van der Waals surface area contributed by atoms with Gasteiger partial charge in [0.1, 0.15) is 5.60 Å². The Morgan fingerprint density at radius 1 is 1.62 bits per heavy atom. The number of carbonyl (C=O) groups excluding carboxylic acids is 1. The van der Waals surface area contributed by atoms with E-state index in [1.807, 2.05) is 13.8 Å². The van der Waals surface area contributed by atoms with Gasteiger partial charge in [0.05, 0.1) is 6.04 Å². The normalized spacial score (nSPS) is 32.1. The molecular weight excluding hydrogens is 210 g/mol. The van der Waals surface area contributed by atoms with Gasteiger partial charge in [0.15, 0.2) is 0 Å². The Labute approximate surface area is 94.4 Å². The Kier molecular flexibility index (Phi) is 2.56. The quantitative estimate of drug-likeness (QED) is 0.775. The number of carbonyl (C=O) groups is 2. The van der Waals surface area contributed by atoms with Gasteiger partial charge in [0, 0.05) is 13.0 Å². The predicted octanol–water partition coefficient (Wildman–Crippen LogP) is 1.47. The summed E-state index contributed by atoms with van der Waals surface area (Å²) >= 11 is 0. The van der Waals surface area contributed by atoms with Gasteiger partial charge in [-0.1, -0.05) is 0 Å². The molecule has 2 unspecified atom stereocenters. The highest BCUT2D eigenvalue weighted by Crippen LogP contribution is 2.38. The molecule has 0 aromatic carbocycles. The molecule has 1 amide bonds. The summed E-state index contributed by atoms with van der Waals surface area (Å²) in [7, 11) is 0. The van der Waals surface area contributed by atoms with E-state index in [9.17, 15) is 9.59 Å². The second kappa shape index (κ2) is 3.64. The molecule has 1 N–H and O–H groups in total. The zero-order valence-corrected chi connectivity index (χ0v) is 9.60. The first-order chi connectivity index (χ1) is 7.40. The van der Waals surface area contributed by atoms with Crippen molar-refractivity contribution < 1.29 is 19.4 Å². The fraction of sp³-hybridized carbons (Fsp3) is 0.818. The van der Waals surface area contributed by atoms with Gasteiger partial charge >= 0.3 is 12.1 Å². The van der Waals surface area contributed by atoms with Crippen molar-refractivity contribution in [2.45, 2.75) is 44.8 Å². The van der Waals surface area contributed by atoms with Gasteiger partial charge in [-0.3, -0.25) is 4.79 Å². The summed E-state index contributed by atoms with van der Waals surface area (Å²) in [5, 5.41) is 8.78. The summed E-state index contributed by atoms with van der Waals surface area (Å²) in [5.74, 6) is -0.603. The third kappa shape index (κ3) is 1.86. The smallest absolute Gasteiger partial charge is 0.410 e. The van der Waals surface area contributed by atoms with Crippen LogP contribution in [0.3, 0.4) is 0 Å². The van der Waals surface area contributed by atoms with E-state index in [4.69, 9.17) is 9.84 Å². The van der Waals surface area contributed by atoms with Crippen molar-refractivity contribution in [2.24, 2.45) is 5.92 Å². The molecule has 5 nitrogen and oxygen atoms in total. The standard InChI is InChI=1S/C11H17NO4/c1-11(2)8-5-7(6-9(13)14)3-4-12(8)10(15)16-11/h7-8H,3-6H2,1-2H3,(H,13,14). The van der Waals surface area contributed by atoms with Gasteiger partial charge in [-0.05, 0) is 32.6 Å². The molecule has 5 heteroatoms. The van der Waals surface area contributed by atoms with Crippen molar-refractivity contribution in [3.63, 3.8) is 0 Å². The van der Waals surface area contributed by atoms with Crippen molar-refractivity contribution in [3.8, 4) is 0 Å². The van der Waals surface area contributed by atoms with Crippen LogP contribution < -0.4 is 0 Å². The maximum absolute atomic E-state index is 11.5. The molecule has 0 bridgehead atoms. The van der Waals surface area contributed by atoms with Crippen LogP contribution in [0.25, 0.3) is 0 Å². The number of hydrogen-bond acceptors (Lipinski definition) is 3. The predicted molar refractivity (Wildman–Crippen MR) is 56.0 cm³/mol. The van der Waals surface area contributed by atoms with Gasteiger partial charge in [-0.15, -0.1) is 0 Å². The minimum Gasteiger partial charge on any atom is -0.481 e. The van der Waals surface area contributed by atoms with E-state index in [1.165, 1.54) is 0 Å². The zero-order valence-electron chi connectivity index (χ0n) is 9.60. The van der Waals surface area contributed by atoms with Gasteiger partial charge in [-0.2, -0.15) is 0 Å². The first kappa shape index (κ1) is 11.2. The second-order valence-corrected chi connectivity index (χ2v) is 5.17. The van der Waals surface area contributed by atoms with Crippen LogP contribution in [0.4, 0.5) is 4.79 Å². The van der Waals surface area contributed by atoms with Gasteiger partial charge in [0.2, 0.25) is 0 Å². The number of nitrogens with zero attached hydrogens (tertiary/aromatic N) is 1. The number of rotatable bonds is 2. The third-order valence-electron chi connectivity index (χ3n) is 3.56. The largest absolute Gasteiger partial charge is 0.481 e. The third-order valence-corrected chi connectivity index (χ3v) is 3.56. The van der Waals surface area contributed by atoms with E-state index in [0.29, 0.717) is 6.54 Å². The lowest BCUT2D eigenvalue weighted by molar-refractivity contribution is -0.138. The molecule has 90 valence electrons. The number of fused-ring (bicyclic) bond motifs is 1. The SMILES string of the molecule is CC1(C)OC(=O)N2CCC(CC(=O)O)CC21. The number of carboxylic acid groups (broad SMARTS) is 1. The molecule has 2 aliphatic heterocycles. The number of piperidine rings is 1. The minimum absolute atomic E-state index is 0.0260. The van der Waals surface area contributed by atoms with Crippen LogP contribution in [-0.4, -0.2) is 40.3 Å². The maximum atomic E-state index is 11.5. The van der Waals surface area contributed by atoms with Crippen LogP contribution in [0.1, 0.15) is 33.1 Å². The van der Waals surface area contributed by atoms with Crippen LogP contribution in [0.5, 0.6) is 0 Å². The summed E-state index contributed by atoms with van der Waals surface area (Å²) < 4.78 is 5.29. The van der Waals surface area contributed by atoms with Gasteiger partial charge in [-0.25, -0.2) is 4.79 Å². The zero-order chi connectivity index (χ0) is 11.9. The highest BCUT2D eigenvalue weighted by atomic mass is 16.6. The molecule has 0 spiro atoms. The molecule has 0 saturated carbocycles. The molecule has 0 aliphatic carbocycles. The lowest BCUT2D eigenvalue weighted by atomic mass is 9.83. The molecule has 0 radical (unpaired) electrons. The molecule has 0 aromatic rings. The molecule has 2 heterocycles. The van der Waals surface area contributed by atoms with Gasteiger partial charge in [0.25, 0.3) is 0 Å². The van der Waals surface area contributed by atoms with E-state index >= 15 is 0 Å². The lowest BCUT2D eigenvalue weighted by Gasteiger charge is -2.36. The molecule has 16 heavy (non-hydrogen) atoms. The Hall–Kier alpha value is -1.26. The summed E-state index contributed by atoms with van der Waals surface area (Å²) in [4.78, 5) is 23.9. The fourth-order valence-corrected chi connectivity index (χ4v) is 2.70. The van der Waals surface area contributed by atoms with Crippen molar-refractivity contribution in [2.75, 3.05) is 6.54 Å². The topological polar surface area (TPSA) is 66.8 Å². The minimum atomic E-state index is -0.763. The number of cyclic esters (lactones) is 1. The highest BCUT2D eigenvalue weighted by Gasteiger charge is 2.50. The average Bonchev–Trinajstić information content (AvgIpc) is 2.36. The number of ether oxygens (including phenoxy) is 1. The summed E-state index contributed by atoms with van der Waals surface area (Å²) in [6.45, 7) is 4.39. The van der Waals surface area contributed by atoms with E-state index in [1.54, 1.807) is 4.90 Å². The van der Waals surface area contributed by atoms with Crippen LogP contribution in [-0.2, 0) is 9.53 Å². The number of aliphatic carboxylic acids is 1. The van der Waals surface area contributed by atoms with Crippen molar-refractivity contribution in [3.05, 3.63) is 0 Å². The Bertz CT molecular complexity index is 326. The average molecular weight is 227 g/mol.